The Balaban J connectivity index is 0.000000186. The van der Waals surface area contributed by atoms with Crippen LogP contribution in [0.25, 0.3) is 0 Å². The van der Waals surface area contributed by atoms with E-state index in [9.17, 15) is 0 Å². The molecule has 1 heteroatoms. The summed E-state index contributed by atoms with van der Waals surface area (Å²) in [7, 11) is 0. The molecule has 0 atom stereocenters. The van der Waals surface area contributed by atoms with Gasteiger partial charge in [0.15, 0.2) is 0 Å². The predicted octanol–water partition coefficient (Wildman–Crippen LogP) is 2.21. The number of hydrogen-bond donors (Lipinski definition) is 0. The molecule has 0 radical (unpaired) electrons. The van der Waals surface area contributed by atoms with Crippen LogP contribution in [0.5, 0.6) is 0 Å². The highest BCUT2D eigenvalue weighted by Gasteiger charge is 2.47. The zero-order valence-electron chi connectivity index (χ0n) is 6.61. The quantitative estimate of drug-likeness (QED) is 0.486. The van der Waals surface area contributed by atoms with E-state index in [0.717, 1.165) is 12.5 Å². The lowest BCUT2D eigenvalue weighted by Gasteiger charge is -2.31. The Bertz CT molecular complexity index is 87.2. The van der Waals surface area contributed by atoms with Gasteiger partial charge in [-0.3, -0.25) is 0 Å². The van der Waals surface area contributed by atoms with Gasteiger partial charge in [0.2, 0.25) is 0 Å². The second kappa shape index (κ2) is 2.30. The van der Waals surface area contributed by atoms with Crippen LogP contribution in [0.4, 0.5) is 0 Å². The second-order valence-electron chi connectivity index (χ2n) is 3.04. The Morgan fingerprint density at radius 2 is 1.89 bits per heavy atom. The molecule has 1 aliphatic carbocycles. The molecule has 9 heavy (non-hydrogen) atoms. The van der Waals surface area contributed by atoms with Crippen molar-refractivity contribution in [3.63, 3.8) is 0 Å². The summed E-state index contributed by atoms with van der Waals surface area (Å²) in [5, 5.41) is 0. The molecular weight excluding hydrogens is 112 g/mol. The first-order chi connectivity index (χ1) is 4.29. The lowest BCUT2D eigenvalue weighted by Crippen LogP contribution is -2.32. The number of hydrogen-bond acceptors (Lipinski definition) is 1. The van der Waals surface area contributed by atoms with Crippen LogP contribution in [0.2, 0.25) is 0 Å². The topological polar surface area (TPSA) is 9.23 Å². The van der Waals surface area contributed by atoms with E-state index in [-0.39, 0.29) is 0 Å². The summed E-state index contributed by atoms with van der Waals surface area (Å²) in [4.78, 5) is 0. The van der Waals surface area contributed by atoms with Crippen LogP contribution in [0.1, 0.15) is 33.6 Å². The van der Waals surface area contributed by atoms with E-state index in [2.05, 4.69) is 6.92 Å². The molecule has 0 aromatic heterocycles. The first-order valence-electron chi connectivity index (χ1n) is 3.92. The summed E-state index contributed by atoms with van der Waals surface area (Å²) < 4.78 is 5.41. The maximum absolute atomic E-state index is 5.41. The van der Waals surface area contributed by atoms with Crippen molar-refractivity contribution in [1.29, 1.82) is 0 Å². The van der Waals surface area contributed by atoms with Crippen molar-refractivity contribution in [2.75, 3.05) is 6.61 Å². The van der Waals surface area contributed by atoms with Gasteiger partial charge in [0.05, 0.1) is 12.2 Å². The second-order valence-corrected chi connectivity index (χ2v) is 3.04. The normalized spacial score (nSPS) is 45.0. The average Bonchev–Trinajstić information content (AvgIpc) is 2.28. The zero-order chi connectivity index (χ0) is 6.91. The molecule has 1 saturated carbocycles. The lowest BCUT2D eigenvalue weighted by molar-refractivity contribution is 0.0203. The molecule has 0 N–H and O–H groups in total. The molecule has 3 aliphatic rings. The molecule has 0 aromatic carbocycles. The summed E-state index contributed by atoms with van der Waals surface area (Å²) in [6, 6.07) is 0. The number of fused-ring (bicyclic) bond motifs is 1. The first-order valence-corrected chi connectivity index (χ1v) is 3.92. The van der Waals surface area contributed by atoms with Crippen molar-refractivity contribution < 1.29 is 4.74 Å². The van der Waals surface area contributed by atoms with Gasteiger partial charge in [-0.05, 0) is 25.7 Å². The van der Waals surface area contributed by atoms with Crippen LogP contribution in [0, 0.1) is 5.92 Å². The summed E-state index contributed by atoms with van der Waals surface area (Å²) in [5.74, 6) is 0.935. The van der Waals surface area contributed by atoms with Gasteiger partial charge in [-0.15, -0.1) is 0 Å². The van der Waals surface area contributed by atoms with Gasteiger partial charge in [0.1, 0.15) is 0 Å². The van der Waals surface area contributed by atoms with Crippen molar-refractivity contribution in [3.8, 4) is 0 Å². The highest BCUT2D eigenvalue weighted by molar-refractivity contribution is 4.97. The number of rotatable bonds is 0. The van der Waals surface area contributed by atoms with Gasteiger partial charge in [0.25, 0.3) is 0 Å². The molecule has 2 bridgehead atoms. The van der Waals surface area contributed by atoms with Gasteiger partial charge in [-0.2, -0.15) is 0 Å². The Morgan fingerprint density at radius 1 is 1.33 bits per heavy atom. The summed E-state index contributed by atoms with van der Waals surface area (Å²) >= 11 is 0. The Labute approximate surface area is 57.4 Å². The fourth-order valence-corrected chi connectivity index (χ4v) is 1.72. The van der Waals surface area contributed by atoms with Gasteiger partial charge in [-0.1, -0.05) is 13.8 Å². The van der Waals surface area contributed by atoms with Crippen LogP contribution >= 0.6 is 0 Å². The largest absolute Gasteiger partial charge is 0.375 e. The summed E-state index contributed by atoms with van der Waals surface area (Å²) in [5.41, 5.74) is 0.338. The van der Waals surface area contributed by atoms with Crippen LogP contribution in [-0.2, 0) is 4.74 Å². The van der Waals surface area contributed by atoms with E-state index in [0.29, 0.717) is 5.60 Å². The van der Waals surface area contributed by atoms with Crippen molar-refractivity contribution in [2.24, 2.45) is 5.92 Å². The van der Waals surface area contributed by atoms with Gasteiger partial charge >= 0.3 is 0 Å². The van der Waals surface area contributed by atoms with Gasteiger partial charge < -0.3 is 4.74 Å². The minimum absolute atomic E-state index is 0.338. The van der Waals surface area contributed by atoms with Gasteiger partial charge in [0, 0.05) is 0 Å². The van der Waals surface area contributed by atoms with Crippen molar-refractivity contribution in [3.05, 3.63) is 0 Å². The SMILES string of the molecule is CC.CC12CC(CO1)C2. The third-order valence-electron chi connectivity index (χ3n) is 2.11. The fourth-order valence-electron chi connectivity index (χ4n) is 1.72. The number of ether oxygens (including phenoxy) is 1. The van der Waals surface area contributed by atoms with Crippen LogP contribution < -0.4 is 0 Å². The smallest absolute Gasteiger partial charge is 0.0661 e. The molecule has 2 saturated heterocycles. The van der Waals surface area contributed by atoms with Crippen LogP contribution in [0.15, 0.2) is 0 Å². The fraction of sp³-hybridized carbons (Fsp3) is 1.00. The molecule has 3 fully saturated rings. The zero-order valence-corrected chi connectivity index (χ0v) is 6.61. The van der Waals surface area contributed by atoms with Crippen LogP contribution in [0.3, 0.4) is 0 Å². The monoisotopic (exact) mass is 128 g/mol. The van der Waals surface area contributed by atoms with E-state index in [1.807, 2.05) is 13.8 Å². The molecule has 54 valence electrons. The molecule has 2 heterocycles. The predicted molar refractivity (Wildman–Crippen MR) is 38.4 cm³/mol. The van der Waals surface area contributed by atoms with E-state index in [1.54, 1.807) is 0 Å². The minimum atomic E-state index is 0.338. The minimum Gasteiger partial charge on any atom is -0.375 e. The molecular formula is C8H16O. The molecule has 1 nitrogen and oxygen atoms in total. The standard InChI is InChI=1S/C6H10O.C2H6/c1-6-2-5(3-6)4-7-6;1-2/h5H,2-4H2,1H3;1-2H3. The molecule has 0 aromatic rings. The van der Waals surface area contributed by atoms with Gasteiger partial charge in [-0.25, -0.2) is 0 Å². The third-order valence-corrected chi connectivity index (χ3v) is 2.11. The van der Waals surface area contributed by atoms with Crippen LogP contribution in [-0.4, -0.2) is 12.2 Å². The molecule has 0 amide bonds. The summed E-state index contributed by atoms with van der Waals surface area (Å²) in [6.07, 6.45) is 2.65. The van der Waals surface area contributed by atoms with Crippen molar-refractivity contribution >= 4 is 0 Å². The molecule has 3 rings (SSSR count). The van der Waals surface area contributed by atoms with Crippen molar-refractivity contribution in [1.82, 2.24) is 0 Å². The van der Waals surface area contributed by atoms with E-state index in [4.69, 9.17) is 4.74 Å². The third kappa shape index (κ3) is 1.11. The molecule has 2 aliphatic heterocycles. The average molecular weight is 128 g/mol. The molecule has 0 unspecified atom stereocenters. The maximum Gasteiger partial charge on any atom is 0.0661 e. The maximum atomic E-state index is 5.41. The Kier molecular flexibility index (Phi) is 1.80. The van der Waals surface area contributed by atoms with E-state index in [1.165, 1.54) is 12.8 Å². The van der Waals surface area contributed by atoms with Crippen molar-refractivity contribution in [2.45, 2.75) is 39.2 Å². The Hall–Kier alpha value is -0.0400. The molecule has 0 spiro atoms. The summed E-state index contributed by atoms with van der Waals surface area (Å²) in [6.45, 7) is 7.24. The lowest BCUT2D eigenvalue weighted by atomic mass is 9.76. The Morgan fingerprint density at radius 3 is 2.00 bits per heavy atom. The van der Waals surface area contributed by atoms with E-state index < -0.39 is 0 Å². The van der Waals surface area contributed by atoms with E-state index >= 15 is 0 Å². The highest BCUT2D eigenvalue weighted by Crippen LogP contribution is 2.47. The first kappa shape index (κ1) is 7.07. The highest BCUT2D eigenvalue weighted by atomic mass is 16.5.